The van der Waals surface area contributed by atoms with Gasteiger partial charge in [-0.15, -0.1) is 12.4 Å². The van der Waals surface area contributed by atoms with Crippen molar-refractivity contribution in [3.8, 4) is 11.5 Å². The van der Waals surface area contributed by atoms with Gasteiger partial charge in [-0.3, -0.25) is 4.79 Å². The Bertz CT molecular complexity index is 707. The second-order valence-electron chi connectivity index (χ2n) is 6.03. The molecule has 136 valence electrons. The van der Waals surface area contributed by atoms with Gasteiger partial charge < -0.3 is 21.3 Å². The molecule has 2 aromatic carbocycles. The minimum absolute atomic E-state index is 0. The smallest absolute Gasteiger partial charge is 0.248 e. The molecule has 0 heterocycles. The fraction of sp³-hybridized carbons (Fsp3) is 0.316. The van der Waals surface area contributed by atoms with Crippen LogP contribution in [0.1, 0.15) is 34.8 Å². The van der Waals surface area contributed by atoms with Crippen LogP contribution >= 0.6 is 12.4 Å². The number of hydrogen-bond donors (Lipinski definition) is 4. The van der Waals surface area contributed by atoms with Gasteiger partial charge in [0.2, 0.25) is 5.91 Å². The molecule has 0 aromatic heterocycles. The summed E-state index contributed by atoms with van der Waals surface area (Å²) >= 11 is 0. The second-order valence-corrected chi connectivity index (χ2v) is 6.03. The van der Waals surface area contributed by atoms with Crippen LogP contribution in [0, 0.1) is 0 Å². The lowest BCUT2D eigenvalue weighted by Gasteiger charge is -2.14. The Morgan fingerprint density at radius 1 is 1.08 bits per heavy atom. The Kier molecular flexibility index (Phi) is 8.25. The van der Waals surface area contributed by atoms with E-state index in [1.807, 2.05) is 18.2 Å². The highest BCUT2D eigenvalue weighted by atomic mass is 35.5. The Hall–Kier alpha value is -2.24. The summed E-state index contributed by atoms with van der Waals surface area (Å²) in [4.78, 5) is 11.2. The van der Waals surface area contributed by atoms with Crippen molar-refractivity contribution in [2.45, 2.75) is 32.2 Å². The van der Waals surface area contributed by atoms with Gasteiger partial charge in [-0.2, -0.15) is 0 Å². The van der Waals surface area contributed by atoms with Crippen molar-refractivity contribution in [2.24, 2.45) is 5.73 Å². The van der Waals surface area contributed by atoms with Gasteiger partial charge >= 0.3 is 0 Å². The SMILES string of the molecule is CC(CCc1cccc(C(N)=O)c1)NCCc1ccc(O)c(O)c1.Cl. The number of amides is 1. The predicted octanol–water partition coefficient (Wildman–Crippen LogP) is 2.77. The first kappa shape index (κ1) is 20.8. The Balaban J connectivity index is 0.00000312. The third-order valence-corrected chi connectivity index (χ3v) is 4.02. The van der Waals surface area contributed by atoms with Crippen molar-refractivity contribution in [2.75, 3.05) is 6.54 Å². The number of carbonyl (C=O) groups excluding carboxylic acids is 1. The molecule has 2 aromatic rings. The van der Waals surface area contributed by atoms with E-state index in [2.05, 4.69) is 12.2 Å². The van der Waals surface area contributed by atoms with Crippen LogP contribution in [0.3, 0.4) is 0 Å². The van der Waals surface area contributed by atoms with Gasteiger partial charge in [0.25, 0.3) is 0 Å². The molecule has 0 radical (unpaired) electrons. The van der Waals surface area contributed by atoms with Crippen molar-refractivity contribution in [3.05, 3.63) is 59.2 Å². The van der Waals surface area contributed by atoms with E-state index < -0.39 is 5.91 Å². The summed E-state index contributed by atoms with van der Waals surface area (Å²) < 4.78 is 0. The first-order valence-electron chi connectivity index (χ1n) is 8.08. The molecule has 6 heteroatoms. The number of nitrogens with one attached hydrogen (secondary N) is 1. The lowest BCUT2D eigenvalue weighted by Crippen LogP contribution is -2.28. The van der Waals surface area contributed by atoms with Gasteiger partial charge in [0.05, 0.1) is 0 Å². The van der Waals surface area contributed by atoms with E-state index >= 15 is 0 Å². The van der Waals surface area contributed by atoms with Crippen molar-refractivity contribution in [1.82, 2.24) is 5.32 Å². The van der Waals surface area contributed by atoms with Crippen LogP contribution in [0.5, 0.6) is 11.5 Å². The lowest BCUT2D eigenvalue weighted by atomic mass is 10.0. The fourth-order valence-corrected chi connectivity index (χ4v) is 2.55. The number of rotatable bonds is 8. The fourth-order valence-electron chi connectivity index (χ4n) is 2.55. The second kappa shape index (κ2) is 9.91. The highest BCUT2D eigenvalue weighted by Gasteiger charge is 2.06. The molecule has 0 saturated heterocycles. The molecule has 0 bridgehead atoms. The zero-order chi connectivity index (χ0) is 17.5. The molecular formula is C19H25ClN2O3. The van der Waals surface area contributed by atoms with Crippen LogP contribution in [-0.4, -0.2) is 28.7 Å². The molecule has 0 saturated carbocycles. The topological polar surface area (TPSA) is 95.6 Å². The largest absolute Gasteiger partial charge is 0.504 e. The summed E-state index contributed by atoms with van der Waals surface area (Å²) in [6, 6.07) is 12.6. The van der Waals surface area contributed by atoms with Crippen molar-refractivity contribution >= 4 is 18.3 Å². The van der Waals surface area contributed by atoms with Crippen molar-refractivity contribution in [3.63, 3.8) is 0 Å². The van der Waals surface area contributed by atoms with E-state index in [1.165, 1.54) is 6.07 Å². The third-order valence-electron chi connectivity index (χ3n) is 4.02. The molecule has 1 unspecified atom stereocenters. The first-order chi connectivity index (χ1) is 11.5. The summed E-state index contributed by atoms with van der Waals surface area (Å²) in [5.74, 6) is -0.590. The monoisotopic (exact) mass is 364 g/mol. The molecule has 0 aliphatic rings. The molecule has 2 rings (SSSR count). The zero-order valence-electron chi connectivity index (χ0n) is 14.2. The third kappa shape index (κ3) is 6.64. The number of nitrogens with two attached hydrogens (primary N) is 1. The van der Waals surface area contributed by atoms with Crippen LogP contribution < -0.4 is 11.1 Å². The Morgan fingerprint density at radius 2 is 1.80 bits per heavy atom. The van der Waals surface area contributed by atoms with Gasteiger partial charge in [-0.05, 0) is 68.1 Å². The van der Waals surface area contributed by atoms with Crippen LogP contribution in [0.25, 0.3) is 0 Å². The number of aromatic hydroxyl groups is 2. The molecule has 0 fully saturated rings. The van der Waals surface area contributed by atoms with Gasteiger partial charge in [0.15, 0.2) is 11.5 Å². The van der Waals surface area contributed by atoms with E-state index in [9.17, 15) is 15.0 Å². The Morgan fingerprint density at radius 3 is 2.48 bits per heavy atom. The molecule has 5 N–H and O–H groups in total. The maximum atomic E-state index is 11.2. The minimum atomic E-state index is -0.403. The van der Waals surface area contributed by atoms with Gasteiger partial charge in [0, 0.05) is 11.6 Å². The van der Waals surface area contributed by atoms with Crippen LogP contribution in [0.15, 0.2) is 42.5 Å². The highest BCUT2D eigenvalue weighted by Crippen LogP contribution is 2.24. The van der Waals surface area contributed by atoms with E-state index in [-0.39, 0.29) is 23.9 Å². The van der Waals surface area contributed by atoms with Gasteiger partial charge in [-0.1, -0.05) is 18.2 Å². The summed E-state index contributed by atoms with van der Waals surface area (Å²) in [6.07, 6.45) is 2.59. The maximum absolute atomic E-state index is 11.2. The predicted molar refractivity (Wildman–Crippen MR) is 101 cm³/mol. The van der Waals surface area contributed by atoms with Crippen LogP contribution in [0.2, 0.25) is 0 Å². The summed E-state index contributed by atoms with van der Waals surface area (Å²) in [5.41, 5.74) is 7.91. The van der Waals surface area contributed by atoms with Gasteiger partial charge in [0.1, 0.15) is 0 Å². The average molecular weight is 365 g/mol. The number of aryl methyl sites for hydroxylation is 1. The van der Waals surface area contributed by atoms with E-state index in [0.29, 0.717) is 11.6 Å². The molecule has 0 aliphatic heterocycles. The van der Waals surface area contributed by atoms with E-state index in [1.54, 1.807) is 18.2 Å². The van der Waals surface area contributed by atoms with E-state index in [4.69, 9.17) is 5.73 Å². The molecule has 0 aliphatic carbocycles. The summed E-state index contributed by atoms with van der Waals surface area (Å²) in [7, 11) is 0. The van der Waals surface area contributed by atoms with Crippen molar-refractivity contribution in [1.29, 1.82) is 0 Å². The molecule has 25 heavy (non-hydrogen) atoms. The molecule has 0 spiro atoms. The molecule has 1 amide bonds. The first-order valence-corrected chi connectivity index (χ1v) is 8.08. The number of primary amides is 1. The summed E-state index contributed by atoms with van der Waals surface area (Å²) in [6.45, 7) is 2.90. The lowest BCUT2D eigenvalue weighted by molar-refractivity contribution is 0.1000. The number of benzene rings is 2. The Labute approximate surface area is 154 Å². The van der Waals surface area contributed by atoms with Crippen molar-refractivity contribution < 1.29 is 15.0 Å². The zero-order valence-corrected chi connectivity index (χ0v) is 15.1. The average Bonchev–Trinajstić information content (AvgIpc) is 2.56. The van der Waals surface area contributed by atoms with E-state index in [0.717, 1.165) is 36.9 Å². The molecule has 5 nitrogen and oxygen atoms in total. The number of halogens is 1. The normalized spacial score (nSPS) is 11.6. The number of phenols is 2. The molecule has 1 atom stereocenters. The molecular weight excluding hydrogens is 340 g/mol. The number of carbonyl (C=O) groups is 1. The van der Waals surface area contributed by atoms with Gasteiger partial charge in [-0.25, -0.2) is 0 Å². The number of hydrogen-bond acceptors (Lipinski definition) is 4. The maximum Gasteiger partial charge on any atom is 0.248 e. The van der Waals surface area contributed by atoms with Crippen LogP contribution in [-0.2, 0) is 12.8 Å². The highest BCUT2D eigenvalue weighted by molar-refractivity contribution is 5.92. The quantitative estimate of drug-likeness (QED) is 0.541. The number of phenolic OH excluding ortho intramolecular Hbond substituents is 2. The minimum Gasteiger partial charge on any atom is -0.504 e. The summed E-state index contributed by atoms with van der Waals surface area (Å²) in [5, 5.41) is 22.2. The van der Waals surface area contributed by atoms with Crippen LogP contribution in [0.4, 0.5) is 0 Å². The standard InChI is InChI=1S/C19H24N2O3.ClH/c1-13(5-6-14-3-2-4-16(11-14)19(20)24)21-10-9-15-7-8-17(22)18(23)12-15;/h2-4,7-8,11-13,21-23H,5-6,9-10H2,1H3,(H2,20,24);1H.